The van der Waals surface area contributed by atoms with Gasteiger partial charge in [-0.2, -0.15) is 0 Å². The standard InChI is InChI=1S/C15H19NO3/c1-15(18)8-12-7-13(15)16(9-12)14(17)19-10-11-5-3-2-4-6-11/h2-6,12-13,18H,7-10H2,1H3/t12-,13+,15-/m0/s1. The van der Waals surface area contributed by atoms with E-state index in [4.69, 9.17) is 4.74 Å². The van der Waals surface area contributed by atoms with Gasteiger partial charge in [-0.3, -0.25) is 0 Å². The Labute approximate surface area is 113 Å². The lowest BCUT2D eigenvalue weighted by atomic mass is 9.95. The Bertz CT molecular complexity index is 472. The van der Waals surface area contributed by atoms with Gasteiger partial charge in [0.1, 0.15) is 6.61 Å². The average Bonchev–Trinajstić information content (AvgIpc) is 2.93. The molecular formula is C15H19NO3. The molecule has 1 N–H and O–H groups in total. The van der Waals surface area contributed by atoms with E-state index in [0.29, 0.717) is 12.5 Å². The minimum atomic E-state index is -0.755. The molecule has 1 heterocycles. The lowest BCUT2D eigenvalue weighted by Gasteiger charge is -2.36. The second-order valence-corrected chi connectivity index (χ2v) is 5.87. The Morgan fingerprint density at radius 1 is 1.47 bits per heavy atom. The largest absolute Gasteiger partial charge is 0.445 e. The van der Waals surface area contributed by atoms with Gasteiger partial charge in [0.05, 0.1) is 11.6 Å². The molecule has 0 spiro atoms. The number of amides is 1. The molecule has 0 unspecified atom stereocenters. The van der Waals surface area contributed by atoms with E-state index in [1.54, 1.807) is 4.90 Å². The molecule has 2 aliphatic rings. The molecule has 1 aliphatic heterocycles. The Morgan fingerprint density at radius 3 is 2.84 bits per heavy atom. The van der Waals surface area contributed by atoms with E-state index in [0.717, 1.165) is 18.4 Å². The van der Waals surface area contributed by atoms with Crippen molar-refractivity contribution in [1.82, 2.24) is 4.90 Å². The van der Waals surface area contributed by atoms with Gasteiger partial charge >= 0.3 is 6.09 Å². The summed E-state index contributed by atoms with van der Waals surface area (Å²) in [5, 5.41) is 10.2. The van der Waals surface area contributed by atoms with E-state index in [9.17, 15) is 9.90 Å². The summed E-state index contributed by atoms with van der Waals surface area (Å²) < 4.78 is 5.33. The van der Waals surface area contributed by atoms with Crippen LogP contribution in [0.2, 0.25) is 0 Å². The fourth-order valence-electron chi connectivity index (χ4n) is 3.38. The van der Waals surface area contributed by atoms with Crippen molar-refractivity contribution in [2.45, 2.75) is 38.0 Å². The van der Waals surface area contributed by atoms with Crippen molar-refractivity contribution in [2.24, 2.45) is 5.92 Å². The summed E-state index contributed by atoms with van der Waals surface area (Å²) in [7, 11) is 0. The van der Waals surface area contributed by atoms with Crippen LogP contribution in [0, 0.1) is 5.92 Å². The summed E-state index contributed by atoms with van der Waals surface area (Å²) in [6.07, 6.45) is 1.38. The third-order valence-corrected chi connectivity index (χ3v) is 4.25. The lowest BCUT2D eigenvalue weighted by molar-refractivity contribution is -0.0286. The summed E-state index contributed by atoms with van der Waals surface area (Å²) >= 11 is 0. The summed E-state index contributed by atoms with van der Waals surface area (Å²) in [6.45, 7) is 2.82. The third kappa shape index (κ3) is 2.32. The second-order valence-electron chi connectivity index (χ2n) is 5.87. The zero-order valence-electron chi connectivity index (χ0n) is 11.1. The highest BCUT2D eigenvalue weighted by Crippen LogP contribution is 2.44. The molecule has 4 nitrogen and oxygen atoms in total. The normalized spacial score (nSPS) is 32.6. The van der Waals surface area contributed by atoms with Gasteiger partial charge in [0.25, 0.3) is 0 Å². The van der Waals surface area contributed by atoms with Crippen LogP contribution in [0.1, 0.15) is 25.3 Å². The molecule has 1 aromatic rings. The van der Waals surface area contributed by atoms with E-state index < -0.39 is 5.60 Å². The first-order valence-corrected chi connectivity index (χ1v) is 6.76. The van der Waals surface area contributed by atoms with Gasteiger partial charge in [-0.15, -0.1) is 0 Å². The van der Waals surface area contributed by atoms with E-state index >= 15 is 0 Å². The SMILES string of the molecule is C[C@]1(O)C[C@@H]2C[C@H]1N(C(=O)OCc1ccccc1)C2. The predicted octanol–water partition coefficient (Wildman–Crippen LogP) is 2.17. The van der Waals surface area contributed by atoms with Crippen molar-refractivity contribution < 1.29 is 14.6 Å². The van der Waals surface area contributed by atoms with Crippen LogP contribution in [0.5, 0.6) is 0 Å². The number of piperidine rings is 1. The molecule has 2 fully saturated rings. The van der Waals surface area contributed by atoms with E-state index in [-0.39, 0.29) is 18.7 Å². The van der Waals surface area contributed by atoms with Crippen LogP contribution in [-0.2, 0) is 11.3 Å². The highest BCUT2D eigenvalue weighted by atomic mass is 16.6. The third-order valence-electron chi connectivity index (χ3n) is 4.25. The minimum absolute atomic E-state index is 0.0826. The van der Waals surface area contributed by atoms with Crippen molar-refractivity contribution >= 4 is 6.09 Å². The number of carbonyl (C=O) groups is 1. The van der Waals surface area contributed by atoms with Gasteiger partial charge in [-0.05, 0) is 31.2 Å². The molecule has 102 valence electrons. The number of hydrogen-bond donors (Lipinski definition) is 1. The molecule has 0 aromatic heterocycles. The summed E-state index contributed by atoms with van der Waals surface area (Å²) in [5.74, 6) is 0.421. The Morgan fingerprint density at radius 2 is 2.21 bits per heavy atom. The van der Waals surface area contributed by atoms with Gasteiger partial charge in [0.2, 0.25) is 0 Å². The van der Waals surface area contributed by atoms with Gasteiger partial charge in [0, 0.05) is 6.54 Å². The quantitative estimate of drug-likeness (QED) is 0.887. The topological polar surface area (TPSA) is 49.8 Å². The number of nitrogens with zero attached hydrogens (tertiary/aromatic N) is 1. The van der Waals surface area contributed by atoms with Gasteiger partial charge in [-0.25, -0.2) is 4.79 Å². The number of carbonyl (C=O) groups excluding carboxylic acids is 1. The van der Waals surface area contributed by atoms with Crippen LogP contribution in [0.4, 0.5) is 4.79 Å². The van der Waals surface area contributed by atoms with E-state index in [1.807, 2.05) is 37.3 Å². The predicted molar refractivity (Wildman–Crippen MR) is 70.5 cm³/mol. The number of fused-ring (bicyclic) bond motifs is 2. The first-order valence-electron chi connectivity index (χ1n) is 6.76. The molecular weight excluding hydrogens is 242 g/mol. The molecule has 2 bridgehead atoms. The molecule has 1 amide bonds. The summed E-state index contributed by atoms with van der Waals surface area (Å²) in [5.41, 5.74) is 0.223. The van der Waals surface area contributed by atoms with E-state index in [2.05, 4.69) is 0 Å². The number of rotatable bonds is 2. The molecule has 1 saturated heterocycles. The monoisotopic (exact) mass is 261 g/mol. The highest BCUT2D eigenvalue weighted by Gasteiger charge is 2.53. The number of hydrogen-bond acceptors (Lipinski definition) is 3. The first-order chi connectivity index (χ1) is 9.06. The van der Waals surface area contributed by atoms with E-state index in [1.165, 1.54) is 0 Å². The van der Waals surface area contributed by atoms with Gasteiger partial charge in [0.15, 0.2) is 0 Å². The number of benzene rings is 1. The fraction of sp³-hybridized carbons (Fsp3) is 0.533. The first kappa shape index (κ1) is 12.5. The fourth-order valence-corrected chi connectivity index (χ4v) is 3.38. The van der Waals surface area contributed by atoms with Crippen LogP contribution in [0.25, 0.3) is 0 Å². The Kier molecular flexibility index (Phi) is 2.97. The smallest absolute Gasteiger partial charge is 0.410 e. The van der Waals surface area contributed by atoms with Crippen LogP contribution < -0.4 is 0 Å². The van der Waals surface area contributed by atoms with Crippen molar-refractivity contribution in [3.8, 4) is 0 Å². The van der Waals surface area contributed by atoms with Crippen LogP contribution >= 0.6 is 0 Å². The number of ether oxygens (including phenoxy) is 1. The summed E-state index contributed by atoms with van der Waals surface area (Å²) in [6, 6.07) is 9.55. The van der Waals surface area contributed by atoms with Crippen molar-refractivity contribution in [2.75, 3.05) is 6.54 Å². The zero-order chi connectivity index (χ0) is 13.5. The second kappa shape index (κ2) is 4.53. The Balaban J connectivity index is 1.60. The van der Waals surface area contributed by atoms with Gasteiger partial charge < -0.3 is 14.7 Å². The lowest BCUT2D eigenvalue weighted by Crippen LogP contribution is -2.51. The van der Waals surface area contributed by atoms with Crippen molar-refractivity contribution in [3.63, 3.8) is 0 Å². The molecule has 4 heteroatoms. The van der Waals surface area contributed by atoms with Crippen LogP contribution in [0.3, 0.4) is 0 Å². The van der Waals surface area contributed by atoms with Crippen molar-refractivity contribution in [3.05, 3.63) is 35.9 Å². The van der Waals surface area contributed by atoms with Crippen molar-refractivity contribution in [1.29, 1.82) is 0 Å². The minimum Gasteiger partial charge on any atom is -0.445 e. The molecule has 1 aromatic carbocycles. The maximum absolute atomic E-state index is 12.1. The number of aliphatic hydroxyl groups is 1. The summed E-state index contributed by atoms with van der Waals surface area (Å²) in [4.78, 5) is 13.8. The molecule has 0 radical (unpaired) electrons. The molecule has 3 atom stereocenters. The van der Waals surface area contributed by atoms with Crippen LogP contribution in [-0.4, -0.2) is 34.3 Å². The molecule has 3 rings (SSSR count). The average molecular weight is 261 g/mol. The number of likely N-dealkylation sites (tertiary alicyclic amines) is 1. The maximum atomic E-state index is 12.1. The Hall–Kier alpha value is -1.55. The molecule has 1 aliphatic carbocycles. The highest BCUT2D eigenvalue weighted by molar-refractivity contribution is 5.69. The molecule has 1 saturated carbocycles. The molecule has 19 heavy (non-hydrogen) atoms. The van der Waals surface area contributed by atoms with Gasteiger partial charge in [-0.1, -0.05) is 30.3 Å². The maximum Gasteiger partial charge on any atom is 0.410 e. The van der Waals surface area contributed by atoms with Crippen LogP contribution in [0.15, 0.2) is 30.3 Å². The zero-order valence-corrected chi connectivity index (χ0v) is 11.1.